The van der Waals surface area contributed by atoms with Crippen LogP contribution in [-0.4, -0.2) is 82.7 Å². The van der Waals surface area contributed by atoms with E-state index in [9.17, 15) is 9.59 Å². The van der Waals surface area contributed by atoms with Crippen LogP contribution in [0.5, 0.6) is 0 Å². The molecule has 7 heteroatoms. The highest BCUT2D eigenvalue weighted by Crippen LogP contribution is 2.24. The molecular weight excluding hydrogens is 266 g/mol. The lowest BCUT2D eigenvalue weighted by atomic mass is 10.1. The van der Waals surface area contributed by atoms with E-state index in [2.05, 4.69) is 4.90 Å². The van der Waals surface area contributed by atoms with E-state index < -0.39 is 12.0 Å². The smallest absolute Gasteiger partial charge is 0.327 e. The van der Waals surface area contributed by atoms with Gasteiger partial charge in [0.25, 0.3) is 0 Å². The summed E-state index contributed by atoms with van der Waals surface area (Å²) in [5.41, 5.74) is 0. The number of likely N-dealkylation sites (tertiary alicyclic amines) is 1. The van der Waals surface area contributed by atoms with Crippen LogP contribution in [0.4, 0.5) is 4.79 Å². The van der Waals surface area contributed by atoms with Gasteiger partial charge in [0.1, 0.15) is 6.04 Å². The van der Waals surface area contributed by atoms with Crippen LogP contribution in [0.15, 0.2) is 0 Å². The maximum absolute atomic E-state index is 12.4. The number of carbonyl (C=O) groups is 2. The molecule has 0 aromatic carbocycles. The molecule has 2 rings (SSSR count). The number of nitrogens with zero attached hydrogens (tertiary/aromatic N) is 3. The molecule has 6 nitrogen and oxygen atoms in total. The van der Waals surface area contributed by atoms with Crippen molar-refractivity contribution in [2.24, 2.45) is 0 Å². The minimum atomic E-state index is -0.903. The molecule has 2 amide bonds. The summed E-state index contributed by atoms with van der Waals surface area (Å²) in [6.45, 7) is 1.43. The van der Waals surface area contributed by atoms with Gasteiger partial charge in [0.15, 0.2) is 0 Å². The van der Waals surface area contributed by atoms with Crippen molar-refractivity contribution < 1.29 is 14.7 Å². The molecule has 19 heavy (non-hydrogen) atoms. The lowest BCUT2D eigenvalue weighted by Gasteiger charge is -2.38. The molecule has 0 bridgehead atoms. The fourth-order valence-corrected chi connectivity index (χ4v) is 3.71. The van der Waals surface area contributed by atoms with E-state index in [1.54, 1.807) is 4.90 Å². The quantitative estimate of drug-likeness (QED) is 0.805. The zero-order valence-corrected chi connectivity index (χ0v) is 12.2. The molecule has 2 aliphatic rings. The maximum atomic E-state index is 12.4. The van der Waals surface area contributed by atoms with Crippen LogP contribution in [0.25, 0.3) is 0 Å². The second-order valence-corrected chi connectivity index (χ2v) is 6.31. The molecule has 2 fully saturated rings. The normalized spacial score (nSPS) is 27.9. The van der Waals surface area contributed by atoms with Crippen LogP contribution in [0, 0.1) is 0 Å². The van der Waals surface area contributed by atoms with Crippen molar-refractivity contribution in [3.63, 3.8) is 0 Å². The van der Waals surface area contributed by atoms with E-state index in [4.69, 9.17) is 5.11 Å². The predicted molar refractivity (Wildman–Crippen MR) is 74.3 cm³/mol. The summed E-state index contributed by atoms with van der Waals surface area (Å²) in [5.74, 6) is 0.0739. The molecule has 0 spiro atoms. The van der Waals surface area contributed by atoms with Gasteiger partial charge >= 0.3 is 12.0 Å². The van der Waals surface area contributed by atoms with E-state index in [0.717, 1.165) is 19.4 Å². The number of carboxylic acid groups (broad SMARTS) is 1. The number of piperidine rings is 1. The first-order chi connectivity index (χ1) is 9.00. The number of rotatable bonds is 2. The van der Waals surface area contributed by atoms with Gasteiger partial charge in [-0.2, -0.15) is 0 Å². The van der Waals surface area contributed by atoms with Crippen LogP contribution in [0.1, 0.15) is 12.8 Å². The standard InChI is InChI=1S/C12H21N3O3S/c1-13(2)9-4-3-5-14(6-9)12(18)15-8-19-7-10(15)11(16)17/h9-10H,3-8H2,1-2H3,(H,16,17). The molecule has 0 aromatic heterocycles. The summed E-state index contributed by atoms with van der Waals surface area (Å²) in [4.78, 5) is 29.0. The number of hydrogen-bond donors (Lipinski definition) is 1. The molecule has 2 unspecified atom stereocenters. The number of thioether (sulfide) groups is 1. The summed E-state index contributed by atoms with van der Waals surface area (Å²) < 4.78 is 0. The Balaban J connectivity index is 2.00. The molecule has 2 saturated heterocycles. The van der Waals surface area contributed by atoms with E-state index in [1.807, 2.05) is 14.1 Å². The van der Waals surface area contributed by atoms with Gasteiger partial charge in [0, 0.05) is 24.9 Å². The summed E-state index contributed by atoms with van der Waals surface area (Å²) in [7, 11) is 4.04. The van der Waals surface area contributed by atoms with Crippen molar-refractivity contribution in [3.05, 3.63) is 0 Å². The fourth-order valence-electron chi connectivity index (χ4n) is 2.57. The van der Waals surface area contributed by atoms with Gasteiger partial charge in [-0.1, -0.05) is 0 Å². The highest BCUT2D eigenvalue weighted by molar-refractivity contribution is 7.99. The number of likely N-dealkylation sites (N-methyl/N-ethyl adjacent to an activating group) is 1. The summed E-state index contributed by atoms with van der Waals surface area (Å²) in [6, 6.07) is -0.419. The third-order valence-corrected chi connectivity index (χ3v) is 4.82. The topological polar surface area (TPSA) is 64.1 Å². The first-order valence-corrected chi connectivity index (χ1v) is 7.68. The molecule has 2 atom stereocenters. The molecule has 0 aromatic rings. The number of carboxylic acids is 1. The Bertz CT molecular complexity index is 364. The zero-order chi connectivity index (χ0) is 14.0. The molecule has 0 aliphatic carbocycles. The molecule has 2 heterocycles. The molecule has 108 valence electrons. The zero-order valence-electron chi connectivity index (χ0n) is 11.4. The van der Waals surface area contributed by atoms with Crippen molar-refractivity contribution in [1.29, 1.82) is 0 Å². The predicted octanol–water partition coefficient (Wildman–Crippen LogP) is 0.592. The minimum Gasteiger partial charge on any atom is -0.480 e. The lowest BCUT2D eigenvalue weighted by Crippen LogP contribution is -2.54. The monoisotopic (exact) mass is 287 g/mol. The largest absolute Gasteiger partial charge is 0.480 e. The summed E-state index contributed by atoms with van der Waals surface area (Å²) in [6.07, 6.45) is 2.07. The van der Waals surface area contributed by atoms with Crippen molar-refractivity contribution in [2.45, 2.75) is 24.9 Å². The second kappa shape index (κ2) is 6.00. The summed E-state index contributed by atoms with van der Waals surface area (Å²) >= 11 is 1.51. The van der Waals surface area contributed by atoms with E-state index in [1.165, 1.54) is 16.7 Å². The van der Waals surface area contributed by atoms with Crippen LogP contribution >= 0.6 is 11.8 Å². The summed E-state index contributed by atoms with van der Waals surface area (Å²) in [5, 5.41) is 9.14. The Hall–Kier alpha value is -0.950. The Kier molecular flexibility index (Phi) is 4.57. The van der Waals surface area contributed by atoms with E-state index >= 15 is 0 Å². The van der Waals surface area contributed by atoms with Crippen molar-refractivity contribution >= 4 is 23.8 Å². The third-order valence-electron chi connectivity index (χ3n) is 3.81. The molecule has 0 saturated carbocycles. The number of urea groups is 1. The number of hydrogen-bond acceptors (Lipinski definition) is 4. The van der Waals surface area contributed by atoms with Crippen molar-refractivity contribution in [1.82, 2.24) is 14.7 Å². The van der Waals surface area contributed by atoms with Gasteiger partial charge in [0.2, 0.25) is 0 Å². The first-order valence-electron chi connectivity index (χ1n) is 6.53. The van der Waals surface area contributed by atoms with Gasteiger partial charge in [0.05, 0.1) is 5.88 Å². The average Bonchev–Trinajstić information content (AvgIpc) is 2.87. The van der Waals surface area contributed by atoms with Gasteiger partial charge in [-0.3, -0.25) is 0 Å². The van der Waals surface area contributed by atoms with E-state index in [-0.39, 0.29) is 6.03 Å². The van der Waals surface area contributed by atoms with E-state index in [0.29, 0.717) is 24.2 Å². The van der Waals surface area contributed by atoms with Crippen LogP contribution < -0.4 is 0 Å². The SMILES string of the molecule is CN(C)C1CCCN(C(=O)N2CSCC2C(=O)O)C1. The first kappa shape index (κ1) is 14.5. The second-order valence-electron chi connectivity index (χ2n) is 5.31. The minimum absolute atomic E-state index is 0.121. The maximum Gasteiger partial charge on any atom is 0.327 e. The van der Waals surface area contributed by atoms with Crippen molar-refractivity contribution in [3.8, 4) is 0 Å². The van der Waals surface area contributed by atoms with Gasteiger partial charge in [-0.05, 0) is 26.9 Å². The van der Waals surface area contributed by atoms with Gasteiger partial charge < -0.3 is 19.8 Å². The van der Waals surface area contributed by atoms with Crippen LogP contribution in [-0.2, 0) is 4.79 Å². The Morgan fingerprint density at radius 2 is 2.11 bits per heavy atom. The van der Waals surface area contributed by atoms with Crippen molar-refractivity contribution in [2.75, 3.05) is 38.8 Å². The lowest BCUT2D eigenvalue weighted by molar-refractivity contribution is -0.141. The Morgan fingerprint density at radius 1 is 1.37 bits per heavy atom. The fraction of sp³-hybridized carbons (Fsp3) is 0.833. The average molecular weight is 287 g/mol. The highest BCUT2D eigenvalue weighted by atomic mass is 32.2. The van der Waals surface area contributed by atoms with Gasteiger partial charge in [-0.25, -0.2) is 9.59 Å². The Morgan fingerprint density at radius 3 is 2.74 bits per heavy atom. The number of amides is 2. The number of carbonyl (C=O) groups excluding carboxylic acids is 1. The number of aliphatic carboxylic acids is 1. The highest BCUT2D eigenvalue weighted by Gasteiger charge is 2.38. The molecular formula is C12H21N3O3S. The molecule has 2 aliphatic heterocycles. The van der Waals surface area contributed by atoms with Crippen LogP contribution in [0.2, 0.25) is 0 Å². The Labute approximate surface area is 117 Å². The third kappa shape index (κ3) is 3.14. The molecule has 0 radical (unpaired) electrons. The van der Waals surface area contributed by atoms with Crippen LogP contribution in [0.3, 0.4) is 0 Å². The van der Waals surface area contributed by atoms with Gasteiger partial charge in [-0.15, -0.1) is 11.8 Å². The molecule has 1 N–H and O–H groups in total.